The van der Waals surface area contributed by atoms with Crippen LogP contribution in [0.2, 0.25) is 0 Å². The van der Waals surface area contributed by atoms with Gasteiger partial charge >= 0.3 is 0 Å². The van der Waals surface area contributed by atoms with E-state index in [1.807, 2.05) is 7.05 Å². The molecule has 1 aliphatic rings. The zero-order valence-electron chi connectivity index (χ0n) is 11.9. The van der Waals surface area contributed by atoms with Crippen LogP contribution in [-0.2, 0) is 9.53 Å². The minimum atomic E-state index is 0.0993. The van der Waals surface area contributed by atoms with Crippen LogP contribution in [0.4, 0.5) is 0 Å². The number of likely N-dealkylation sites (N-methyl/N-ethyl adjacent to an activating group) is 1. The van der Waals surface area contributed by atoms with E-state index in [1.165, 1.54) is 19.3 Å². The predicted octanol–water partition coefficient (Wildman–Crippen LogP) is 0.211. The summed E-state index contributed by atoms with van der Waals surface area (Å²) < 4.78 is 4.92. The Balaban J connectivity index is 2.39. The van der Waals surface area contributed by atoms with Gasteiger partial charge in [0.2, 0.25) is 5.91 Å². The van der Waals surface area contributed by atoms with Gasteiger partial charge in [0, 0.05) is 25.7 Å². The number of rotatable bonds is 7. The lowest BCUT2D eigenvalue weighted by Crippen LogP contribution is -2.53. The summed E-state index contributed by atoms with van der Waals surface area (Å²) in [6.07, 6.45) is 3.63. The molecule has 2 unspecified atom stereocenters. The molecule has 2 atom stereocenters. The Hall–Kier alpha value is -0.650. The molecule has 106 valence electrons. The summed E-state index contributed by atoms with van der Waals surface area (Å²) in [5.74, 6) is 0.0993. The van der Waals surface area contributed by atoms with Gasteiger partial charge in [-0.25, -0.2) is 0 Å². The van der Waals surface area contributed by atoms with E-state index in [2.05, 4.69) is 22.5 Å². The number of hydrogen-bond acceptors (Lipinski definition) is 4. The molecule has 0 spiro atoms. The Labute approximate surface area is 110 Å². The summed E-state index contributed by atoms with van der Waals surface area (Å²) >= 11 is 0. The van der Waals surface area contributed by atoms with E-state index in [0.29, 0.717) is 31.8 Å². The maximum absolute atomic E-state index is 11.8. The third-order valence-electron chi connectivity index (χ3n) is 3.67. The van der Waals surface area contributed by atoms with Crippen LogP contribution in [0.3, 0.4) is 0 Å². The number of amides is 1. The summed E-state index contributed by atoms with van der Waals surface area (Å²) in [5.41, 5.74) is 0. The molecule has 1 aliphatic heterocycles. The van der Waals surface area contributed by atoms with Crippen LogP contribution in [0.1, 0.15) is 26.2 Å². The highest BCUT2D eigenvalue weighted by molar-refractivity contribution is 5.78. The molecule has 1 heterocycles. The number of piperidine rings is 1. The second-order valence-corrected chi connectivity index (χ2v) is 4.95. The highest BCUT2D eigenvalue weighted by Gasteiger charge is 2.27. The normalized spacial score (nSPS) is 22.7. The van der Waals surface area contributed by atoms with Gasteiger partial charge in [-0.3, -0.25) is 9.69 Å². The molecular formula is C13H27N3O2. The molecule has 1 amide bonds. The van der Waals surface area contributed by atoms with Crippen molar-refractivity contribution in [1.29, 1.82) is 0 Å². The lowest BCUT2D eigenvalue weighted by atomic mass is 9.96. The SMILES string of the molecule is CNC(C)C1CCCCN1CC(=O)NCCOC. The van der Waals surface area contributed by atoms with E-state index in [9.17, 15) is 4.79 Å². The van der Waals surface area contributed by atoms with Gasteiger partial charge in [-0.05, 0) is 33.4 Å². The summed E-state index contributed by atoms with van der Waals surface area (Å²) in [4.78, 5) is 14.1. The van der Waals surface area contributed by atoms with Crippen molar-refractivity contribution in [3.63, 3.8) is 0 Å². The molecule has 5 heteroatoms. The first-order valence-electron chi connectivity index (χ1n) is 6.86. The Kier molecular flexibility index (Phi) is 7.23. The molecule has 1 saturated heterocycles. The lowest BCUT2D eigenvalue weighted by molar-refractivity contribution is -0.123. The molecule has 5 nitrogen and oxygen atoms in total. The molecule has 0 aliphatic carbocycles. The number of likely N-dealkylation sites (tertiary alicyclic amines) is 1. The van der Waals surface area contributed by atoms with Gasteiger partial charge in [-0.2, -0.15) is 0 Å². The first-order valence-corrected chi connectivity index (χ1v) is 6.86. The van der Waals surface area contributed by atoms with Crippen molar-refractivity contribution in [3.8, 4) is 0 Å². The van der Waals surface area contributed by atoms with Crippen LogP contribution in [0.25, 0.3) is 0 Å². The molecule has 0 bridgehead atoms. The fraction of sp³-hybridized carbons (Fsp3) is 0.923. The molecule has 1 fully saturated rings. The van der Waals surface area contributed by atoms with Crippen LogP contribution in [0.5, 0.6) is 0 Å². The molecule has 0 radical (unpaired) electrons. The third-order valence-corrected chi connectivity index (χ3v) is 3.67. The monoisotopic (exact) mass is 257 g/mol. The van der Waals surface area contributed by atoms with Crippen LogP contribution in [-0.4, -0.2) is 63.3 Å². The zero-order chi connectivity index (χ0) is 13.4. The van der Waals surface area contributed by atoms with Crippen molar-refractivity contribution < 1.29 is 9.53 Å². The molecule has 2 N–H and O–H groups in total. The summed E-state index contributed by atoms with van der Waals surface area (Å²) in [7, 11) is 3.62. The predicted molar refractivity (Wildman–Crippen MR) is 72.6 cm³/mol. The first kappa shape index (κ1) is 15.4. The van der Waals surface area contributed by atoms with Gasteiger partial charge in [0.15, 0.2) is 0 Å². The van der Waals surface area contributed by atoms with Crippen LogP contribution in [0, 0.1) is 0 Å². The number of hydrogen-bond donors (Lipinski definition) is 2. The minimum absolute atomic E-state index is 0.0993. The molecule has 0 aromatic heterocycles. The van der Waals surface area contributed by atoms with E-state index in [-0.39, 0.29) is 5.91 Å². The Morgan fingerprint density at radius 2 is 2.28 bits per heavy atom. The van der Waals surface area contributed by atoms with Crippen LogP contribution < -0.4 is 10.6 Å². The second-order valence-electron chi connectivity index (χ2n) is 4.95. The number of nitrogens with zero attached hydrogens (tertiary/aromatic N) is 1. The topological polar surface area (TPSA) is 53.6 Å². The smallest absolute Gasteiger partial charge is 0.234 e. The Bertz CT molecular complexity index is 248. The Morgan fingerprint density at radius 3 is 2.94 bits per heavy atom. The molecular weight excluding hydrogens is 230 g/mol. The standard InChI is InChI=1S/C13H27N3O2/c1-11(14-2)12-6-4-5-8-16(12)10-13(17)15-7-9-18-3/h11-12,14H,4-10H2,1-3H3,(H,15,17). The maximum Gasteiger partial charge on any atom is 0.234 e. The summed E-state index contributed by atoms with van der Waals surface area (Å²) in [6, 6.07) is 0.897. The molecule has 0 aromatic rings. The fourth-order valence-corrected chi connectivity index (χ4v) is 2.50. The van der Waals surface area contributed by atoms with Crippen molar-refractivity contribution in [2.75, 3.05) is 40.4 Å². The van der Waals surface area contributed by atoms with E-state index in [1.54, 1.807) is 7.11 Å². The lowest BCUT2D eigenvalue weighted by Gasteiger charge is -2.38. The average molecular weight is 257 g/mol. The highest BCUT2D eigenvalue weighted by atomic mass is 16.5. The van der Waals surface area contributed by atoms with Gasteiger partial charge in [0.25, 0.3) is 0 Å². The largest absolute Gasteiger partial charge is 0.383 e. The summed E-state index contributed by atoms with van der Waals surface area (Å²) in [6.45, 7) is 4.87. The maximum atomic E-state index is 11.8. The van der Waals surface area contributed by atoms with E-state index in [4.69, 9.17) is 4.74 Å². The van der Waals surface area contributed by atoms with E-state index in [0.717, 1.165) is 6.54 Å². The molecule has 0 aromatic carbocycles. The number of carbonyl (C=O) groups excluding carboxylic acids is 1. The van der Waals surface area contributed by atoms with Gasteiger partial charge in [0.05, 0.1) is 13.2 Å². The quantitative estimate of drug-likeness (QED) is 0.640. The van der Waals surface area contributed by atoms with Crippen LogP contribution >= 0.6 is 0 Å². The van der Waals surface area contributed by atoms with Crippen molar-refractivity contribution in [1.82, 2.24) is 15.5 Å². The van der Waals surface area contributed by atoms with E-state index < -0.39 is 0 Å². The van der Waals surface area contributed by atoms with Crippen molar-refractivity contribution in [2.24, 2.45) is 0 Å². The number of carbonyl (C=O) groups is 1. The van der Waals surface area contributed by atoms with Gasteiger partial charge < -0.3 is 15.4 Å². The first-order chi connectivity index (χ1) is 8.69. The van der Waals surface area contributed by atoms with Gasteiger partial charge in [-0.15, -0.1) is 0 Å². The second kappa shape index (κ2) is 8.45. The molecule has 18 heavy (non-hydrogen) atoms. The fourth-order valence-electron chi connectivity index (χ4n) is 2.50. The molecule has 1 rings (SSSR count). The van der Waals surface area contributed by atoms with E-state index >= 15 is 0 Å². The van der Waals surface area contributed by atoms with Crippen LogP contribution in [0.15, 0.2) is 0 Å². The number of nitrogens with one attached hydrogen (secondary N) is 2. The van der Waals surface area contributed by atoms with Crippen molar-refractivity contribution in [3.05, 3.63) is 0 Å². The number of ether oxygens (including phenoxy) is 1. The van der Waals surface area contributed by atoms with Crippen molar-refractivity contribution >= 4 is 5.91 Å². The minimum Gasteiger partial charge on any atom is -0.383 e. The van der Waals surface area contributed by atoms with Gasteiger partial charge in [0.1, 0.15) is 0 Å². The third kappa shape index (κ3) is 4.92. The average Bonchev–Trinajstić information content (AvgIpc) is 2.39. The number of methoxy groups -OCH3 is 1. The zero-order valence-corrected chi connectivity index (χ0v) is 11.9. The Morgan fingerprint density at radius 1 is 1.50 bits per heavy atom. The van der Waals surface area contributed by atoms with Crippen molar-refractivity contribution in [2.45, 2.75) is 38.3 Å². The molecule has 0 saturated carbocycles. The highest BCUT2D eigenvalue weighted by Crippen LogP contribution is 2.19. The van der Waals surface area contributed by atoms with Gasteiger partial charge in [-0.1, -0.05) is 6.42 Å². The summed E-state index contributed by atoms with van der Waals surface area (Å²) in [5, 5.41) is 6.18.